The summed E-state index contributed by atoms with van der Waals surface area (Å²) in [5.74, 6) is 1.72. The summed E-state index contributed by atoms with van der Waals surface area (Å²) in [5, 5.41) is 0. The molecular weight excluding hydrogens is 562 g/mol. The van der Waals surface area contributed by atoms with Crippen LogP contribution in [0.1, 0.15) is 70.7 Å². The average molecular weight is 598 g/mol. The number of benzene rings is 2. The third-order valence-corrected chi connectivity index (χ3v) is 5.74. The second kappa shape index (κ2) is 10.4. The summed E-state index contributed by atoms with van der Waals surface area (Å²) < 4.78 is 18.7. The van der Waals surface area contributed by atoms with Crippen molar-refractivity contribution in [3.8, 4) is 11.5 Å². The Labute approximate surface area is 192 Å². The molecule has 0 saturated carbocycles. The zero-order valence-corrected chi connectivity index (χ0v) is 22.3. The zero-order valence-electron chi connectivity index (χ0n) is 19.2. The maximum absolute atomic E-state index is 6.39. The van der Waals surface area contributed by atoms with Gasteiger partial charge in [-0.25, -0.2) is 0 Å². The molecule has 0 fully saturated rings. The zero-order chi connectivity index (χ0) is 21.1. The molecule has 0 saturated heterocycles. The van der Waals surface area contributed by atoms with Gasteiger partial charge in [0.1, 0.15) is 11.5 Å². The first kappa shape index (κ1) is 26.2. The van der Waals surface area contributed by atoms with E-state index < -0.39 is 8.60 Å². The monoisotopic (exact) mass is 597 g/mol. The maximum atomic E-state index is 6.39. The fourth-order valence-corrected chi connectivity index (χ4v) is 4.19. The van der Waals surface area contributed by atoms with Crippen LogP contribution in [0.15, 0.2) is 36.4 Å². The molecule has 3 nitrogen and oxygen atoms in total. The van der Waals surface area contributed by atoms with Gasteiger partial charge in [-0.15, -0.1) is 0 Å². The second-order valence-corrected chi connectivity index (χ2v) is 10.3. The van der Waals surface area contributed by atoms with Crippen LogP contribution in [0.5, 0.6) is 11.5 Å². The molecule has 164 valence electrons. The molecule has 0 N–H and O–H groups in total. The predicted molar refractivity (Wildman–Crippen MR) is 120 cm³/mol. The van der Waals surface area contributed by atoms with Crippen LogP contribution in [0.3, 0.4) is 0 Å². The van der Waals surface area contributed by atoms with Crippen molar-refractivity contribution in [1.29, 1.82) is 0 Å². The molecule has 29 heavy (non-hydrogen) atoms. The Bertz CT molecular complexity index is 741. The minimum atomic E-state index is -1.57. The van der Waals surface area contributed by atoms with Gasteiger partial charge in [0, 0.05) is 32.2 Å². The summed E-state index contributed by atoms with van der Waals surface area (Å²) >= 11 is 0. The van der Waals surface area contributed by atoms with E-state index in [1.165, 1.54) is 0 Å². The van der Waals surface area contributed by atoms with Crippen LogP contribution in [-0.4, -0.2) is 6.61 Å². The van der Waals surface area contributed by atoms with E-state index in [0.29, 0.717) is 6.61 Å². The summed E-state index contributed by atoms with van der Waals surface area (Å²) in [6.45, 7) is 19.8. The van der Waals surface area contributed by atoms with Gasteiger partial charge in [-0.1, -0.05) is 77.9 Å². The Morgan fingerprint density at radius 1 is 0.724 bits per heavy atom. The van der Waals surface area contributed by atoms with Crippen LogP contribution in [0.2, 0.25) is 0 Å². The van der Waals surface area contributed by atoms with Crippen molar-refractivity contribution >= 4 is 8.60 Å². The van der Waals surface area contributed by atoms with Crippen molar-refractivity contribution < 1.29 is 34.6 Å². The summed E-state index contributed by atoms with van der Waals surface area (Å²) in [4.78, 5) is 0. The maximum Gasteiger partial charge on any atom is 0.463 e. The standard InChI is InChI=1S/C24H35O3P.Pt/c1-10-25-28(26-21-17(2)13-11-15-19(21)23(4,5)6)27-22-18(3)14-12-16-20(22)24(7,8)9;/h11-16H,10H2,1-9H3;. The Morgan fingerprint density at radius 2 is 1.10 bits per heavy atom. The summed E-state index contributed by atoms with van der Waals surface area (Å²) in [7, 11) is -1.57. The van der Waals surface area contributed by atoms with Crippen molar-refractivity contribution in [1.82, 2.24) is 0 Å². The first-order valence-electron chi connectivity index (χ1n) is 9.94. The summed E-state index contributed by atoms with van der Waals surface area (Å²) in [5.41, 5.74) is 4.42. The third kappa shape index (κ3) is 6.81. The van der Waals surface area contributed by atoms with E-state index in [1.54, 1.807) is 0 Å². The number of rotatable bonds is 6. The molecule has 0 aliphatic rings. The van der Waals surface area contributed by atoms with Crippen molar-refractivity contribution in [2.45, 2.75) is 73.1 Å². The number of hydrogen-bond donors (Lipinski definition) is 0. The van der Waals surface area contributed by atoms with Crippen LogP contribution in [0.4, 0.5) is 0 Å². The fourth-order valence-electron chi connectivity index (χ4n) is 3.05. The Kier molecular flexibility index (Phi) is 9.40. The van der Waals surface area contributed by atoms with Gasteiger partial charge in [-0.3, -0.25) is 4.52 Å². The van der Waals surface area contributed by atoms with E-state index in [9.17, 15) is 0 Å². The quantitative estimate of drug-likeness (QED) is 0.321. The van der Waals surface area contributed by atoms with Gasteiger partial charge in [-0.05, 0) is 42.7 Å². The first-order valence-corrected chi connectivity index (χ1v) is 11.0. The van der Waals surface area contributed by atoms with Gasteiger partial charge in [0.25, 0.3) is 0 Å². The second-order valence-electron chi connectivity index (χ2n) is 9.23. The fraction of sp³-hybridized carbons (Fsp3) is 0.500. The topological polar surface area (TPSA) is 27.7 Å². The molecule has 0 aromatic heterocycles. The summed E-state index contributed by atoms with van der Waals surface area (Å²) in [6.07, 6.45) is 0. The van der Waals surface area contributed by atoms with Gasteiger partial charge in [0.05, 0.1) is 6.61 Å². The molecule has 0 aliphatic heterocycles. The molecule has 0 aliphatic carbocycles. The Hall–Kier alpha value is -0.882. The molecule has 0 heterocycles. The van der Waals surface area contributed by atoms with Crippen LogP contribution in [0.25, 0.3) is 0 Å². The Morgan fingerprint density at radius 3 is 1.41 bits per heavy atom. The van der Waals surface area contributed by atoms with Crippen molar-refractivity contribution in [2.24, 2.45) is 0 Å². The molecule has 2 aromatic carbocycles. The molecule has 0 atom stereocenters. The van der Waals surface area contributed by atoms with E-state index in [1.807, 2.05) is 6.92 Å². The average Bonchev–Trinajstić information content (AvgIpc) is 2.56. The van der Waals surface area contributed by atoms with Crippen molar-refractivity contribution in [3.05, 3.63) is 58.7 Å². The molecule has 0 amide bonds. The third-order valence-electron chi connectivity index (χ3n) is 4.61. The van der Waals surface area contributed by atoms with Crippen LogP contribution >= 0.6 is 8.60 Å². The first-order chi connectivity index (χ1) is 12.9. The number of hydrogen-bond acceptors (Lipinski definition) is 3. The number of para-hydroxylation sites is 2. The molecule has 0 unspecified atom stereocenters. The van der Waals surface area contributed by atoms with E-state index in [2.05, 4.69) is 91.8 Å². The largest absolute Gasteiger partial charge is 0.463 e. The predicted octanol–water partition coefficient (Wildman–Crippen LogP) is 7.62. The molecular formula is C24H35O3PPt. The summed E-state index contributed by atoms with van der Waals surface area (Å²) in [6, 6.07) is 12.5. The normalized spacial score (nSPS) is 11.9. The molecule has 2 rings (SSSR count). The minimum absolute atomic E-state index is 0. The molecule has 5 heteroatoms. The van der Waals surface area contributed by atoms with E-state index in [-0.39, 0.29) is 31.9 Å². The van der Waals surface area contributed by atoms with Crippen LogP contribution < -0.4 is 9.05 Å². The molecule has 0 bridgehead atoms. The Balaban J connectivity index is 0.00000420. The molecule has 0 radical (unpaired) electrons. The minimum Gasteiger partial charge on any atom is -0.417 e. The van der Waals surface area contributed by atoms with Crippen LogP contribution in [-0.2, 0) is 36.4 Å². The van der Waals surface area contributed by atoms with Gasteiger partial charge in [0.15, 0.2) is 0 Å². The molecule has 2 aromatic rings. The van der Waals surface area contributed by atoms with Gasteiger partial charge >= 0.3 is 8.60 Å². The molecule has 0 spiro atoms. The number of aryl methyl sites for hydroxylation is 2. The van der Waals surface area contributed by atoms with Crippen LogP contribution in [0, 0.1) is 13.8 Å². The van der Waals surface area contributed by atoms with Gasteiger partial charge < -0.3 is 9.05 Å². The van der Waals surface area contributed by atoms with Crippen molar-refractivity contribution in [3.63, 3.8) is 0 Å². The smallest absolute Gasteiger partial charge is 0.417 e. The van der Waals surface area contributed by atoms with Crippen molar-refractivity contribution in [2.75, 3.05) is 6.61 Å². The van der Waals surface area contributed by atoms with E-state index in [4.69, 9.17) is 13.6 Å². The SMILES string of the molecule is CCOP(Oc1c(C)cccc1C(C)(C)C)Oc1c(C)cccc1C(C)(C)C.[Pt]. The van der Waals surface area contributed by atoms with E-state index >= 15 is 0 Å². The van der Waals surface area contributed by atoms with Gasteiger partial charge in [-0.2, -0.15) is 0 Å². The van der Waals surface area contributed by atoms with E-state index in [0.717, 1.165) is 33.8 Å². The van der Waals surface area contributed by atoms with Gasteiger partial charge in [0.2, 0.25) is 0 Å².